The van der Waals surface area contributed by atoms with Crippen molar-refractivity contribution in [3.05, 3.63) is 47.2 Å². The van der Waals surface area contributed by atoms with E-state index in [1.165, 1.54) is 5.56 Å². The van der Waals surface area contributed by atoms with Crippen LogP contribution < -0.4 is 20.7 Å². The van der Waals surface area contributed by atoms with Crippen LogP contribution in [0, 0.1) is 0 Å². The first-order chi connectivity index (χ1) is 17.0. The van der Waals surface area contributed by atoms with Gasteiger partial charge in [-0.3, -0.25) is 4.90 Å². The van der Waals surface area contributed by atoms with Crippen molar-refractivity contribution in [3.8, 4) is 5.75 Å². The number of aliphatic hydroxyl groups is 1. The number of hydrogen-bond acceptors (Lipinski definition) is 8. The average molecular weight is 482 g/mol. The Labute approximate surface area is 207 Å². The first-order valence-electron chi connectivity index (χ1n) is 12.7. The normalized spacial score (nSPS) is 19.8. The summed E-state index contributed by atoms with van der Waals surface area (Å²) in [7, 11) is 4.02. The molecule has 2 atom stereocenters. The van der Waals surface area contributed by atoms with Crippen molar-refractivity contribution in [2.24, 2.45) is 5.73 Å². The standard InChI is InChI=1S/C26H39N7O2/c1-5-18-9-10-22-19(15-18)26(34)32(4)21(6-2)20-16-24-29-23(28-12-11-27)17-25(33(24)30-20)31(3)13-7-8-14-35-22/h9-10,15-17,21,26,34H,5-8,11-14,27H2,1-4H3,(H,28,29)/t21-,26?/m0/s1. The van der Waals surface area contributed by atoms with Crippen molar-refractivity contribution in [3.63, 3.8) is 0 Å². The Balaban J connectivity index is 1.80. The molecule has 4 rings (SSSR count). The lowest BCUT2D eigenvalue weighted by Gasteiger charge is -2.31. The van der Waals surface area contributed by atoms with E-state index < -0.39 is 6.23 Å². The van der Waals surface area contributed by atoms with Crippen LogP contribution in [0.3, 0.4) is 0 Å². The molecule has 1 aromatic carbocycles. The Kier molecular flexibility index (Phi) is 8.10. The molecule has 0 saturated heterocycles. The molecule has 190 valence electrons. The molecule has 0 amide bonds. The third-order valence-electron chi connectivity index (χ3n) is 6.78. The third kappa shape index (κ3) is 5.37. The number of ether oxygens (including phenoxy) is 1. The zero-order chi connectivity index (χ0) is 24.9. The van der Waals surface area contributed by atoms with E-state index in [-0.39, 0.29) is 6.04 Å². The number of anilines is 2. The van der Waals surface area contributed by atoms with Gasteiger partial charge in [0, 0.05) is 44.4 Å². The van der Waals surface area contributed by atoms with Crippen molar-refractivity contribution in [1.82, 2.24) is 19.5 Å². The summed E-state index contributed by atoms with van der Waals surface area (Å²) in [5, 5.41) is 19.8. The summed E-state index contributed by atoms with van der Waals surface area (Å²) in [4.78, 5) is 8.97. The lowest BCUT2D eigenvalue weighted by Crippen LogP contribution is -2.29. The molecule has 2 bridgehead atoms. The minimum Gasteiger partial charge on any atom is -0.493 e. The lowest BCUT2D eigenvalue weighted by molar-refractivity contribution is -0.0133. The summed E-state index contributed by atoms with van der Waals surface area (Å²) < 4.78 is 8.09. The Morgan fingerprint density at radius 3 is 2.74 bits per heavy atom. The number of rotatable bonds is 5. The number of fused-ring (bicyclic) bond motifs is 2. The van der Waals surface area contributed by atoms with Gasteiger partial charge >= 0.3 is 0 Å². The summed E-state index contributed by atoms with van der Waals surface area (Å²) in [5.74, 6) is 2.49. The van der Waals surface area contributed by atoms with Crippen LogP contribution in [0.15, 0.2) is 30.3 Å². The summed E-state index contributed by atoms with van der Waals surface area (Å²) in [6.07, 6.45) is 2.72. The second kappa shape index (κ2) is 11.2. The van der Waals surface area contributed by atoms with Crippen molar-refractivity contribution >= 4 is 17.3 Å². The first kappa shape index (κ1) is 25.2. The van der Waals surface area contributed by atoms with Gasteiger partial charge in [-0.25, -0.2) is 4.98 Å². The Hall–Kier alpha value is -2.88. The average Bonchev–Trinajstić information content (AvgIpc) is 3.29. The molecule has 0 saturated carbocycles. The van der Waals surface area contributed by atoms with E-state index in [0.717, 1.165) is 66.5 Å². The fourth-order valence-corrected chi connectivity index (χ4v) is 4.70. The zero-order valence-corrected chi connectivity index (χ0v) is 21.4. The molecule has 1 aliphatic rings. The number of aryl methyl sites for hydroxylation is 1. The summed E-state index contributed by atoms with van der Waals surface area (Å²) >= 11 is 0. The Morgan fingerprint density at radius 1 is 1.17 bits per heavy atom. The van der Waals surface area contributed by atoms with Crippen LogP contribution in [-0.2, 0) is 6.42 Å². The van der Waals surface area contributed by atoms with Gasteiger partial charge in [0.2, 0.25) is 0 Å². The number of aliphatic hydroxyl groups excluding tert-OH is 1. The fraction of sp³-hybridized carbons (Fsp3) is 0.538. The molecule has 0 radical (unpaired) electrons. The second-order valence-electron chi connectivity index (χ2n) is 9.22. The maximum atomic E-state index is 11.5. The number of nitrogens with one attached hydrogen (secondary N) is 1. The topological polar surface area (TPSA) is 104 Å². The first-order valence-corrected chi connectivity index (χ1v) is 12.7. The zero-order valence-electron chi connectivity index (χ0n) is 21.4. The smallest absolute Gasteiger partial charge is 0.160 e. The molecule has 1 aliphatic heterocycles. The lowest BCUT2D eigenvalue weighted by atomic mass is 10.0. The highest BCUT2D eigenvalue weighted by Crippen LogP contribution is 2.35. The van der Waals surface area contributed by atoms with Crippen molar-refractivity contribution in [2.45, 2.75) is 51.8 Å². The number of hydrogen-bond donors (Lipinski definition) is 3. The highest BCUT2D eigenvalue weighted by atomic mass is 16.5. The number of benzene rings is 1. The van der Waals surface area contributed by atoms with E-state index in [4.69, 9.17) is 20.6 Å². The maximum Gasteiger partial charge on any atom is 0.160 e. The van der Waals surface area contributed by atoms with Crippen LogP contribution in [0.2, 0.25) is 0 Å². The van der Waals surface area contributed by atoms with Gasteiger partial charge in [0.05, 0.1) is 18.3 Å². The molecular formula is C26H39N7O2. The summed E-state index contributed by atoms with van der Waals surface area (Å²) in [5.41, 5.74) is 9.32. The quantitative estimate of drug-likeness (QED) is 0.510. The van der Waals surface area contributed by atoms with E-state index >= 15 is 0 Å². The van der Waals surface area contributed by atoms with E-state index in [0.29, 0.717) is 19.7 Å². The van der Waals surface area contributed by atoms with Crippen LogP contribution in [0.4, 0.5) is 11.6 Å². The minimum atomic E-state index is -0.826. The number of nitrogens with two attached hydrogens (primary N) is 1. The van der Waals surface area contributed by atoms with Crippen LogP contribution in [-0.4, -0.2) is 64.9 Å². The van der Waals surface area contributed by atoms with E-state index in [2.05, 4.69) is 43.2 Å². The largest absolute Gasteiger partial charge is 0.493 e. The minimum absolute atomic E-state index is 0.103. The van der Waals surface area contributed by atoms with Crippen molar-refractivity contribution < 1.29 is 9.84 Å². The number of nitrogens with zero attached hydrogens (tertiary/aromatic N) is 5. The molecule has 9 nitrogen and oxygen atoms in total. The van der Waals surface area contributed by atoms with Gasteiger partial charge in [-0.15, -0.1) is 0 Å². The third-order valence-corrected chi connectivity index (χ3v) is 6.78. The highest BCUT2D eigenvalue weighted by Gasteiger charge is 2.28. The molecular weight excluding hydrogens is 442 g/mol. The summed E-state index contributed by atoms with van der Waals surface area (Å²) in [6.45, 7) is 6.87. The van der Waals surface area contributed by atoms with Gasteiger partial charge in [-0.05, 0) is 50.4 Å². The van der Waals surface area contributed by atoms with E-state index in [1.807, 2.05) is 34.7 Å². The van der Waals surface area contributed by atoms with Crippen molar-refractivity contribution in [2.75, 3.05) is 50.6 Å². The molecule has 35 heavy (non-hydrogen) atoms. The molecule has 0 aliphatic carbocycles. The van der Waals surface area contributed by atoms with Gasteiger partial charge in [0.1, 0.15) is 23.6 Å². The van der Waals surface area contributed by atoms with Crippen LogP contribution >= 0.6 is 0 Å². The van der Waals surface area contributed by atoms with Crippen molar-refractivity contribution in [1.29, 1.82) is 0 Å². The van der Waals surface area contributed by atoms with Gasteiger partial charge in [0.15, 0.2) is 5.65 Å². The number of aromatic nitrogens is 3. The molecule has 0 fully saturated rings. The Morgan fingerprint density at radius 2 is 2.00 bits per heavy atom. The molecule has 3 heterocycles. The molecule has 0 spiro atoms. The predicted molar refractivity (Wildman–Crippen MR) is 140 cm³/mol. The van der Waals surface area contributed by atoms with Gasteiger partial charge in [-0.2, -0.15) is 9.61 Å². The SMILES string of the molecule is CCc1ccc2c(c1)C(O)N(C)[C@@H](CC)c1cc3nc(NCCN)cc(n3n1)N(C)CCCCO2. The monoisotopic (exact) mass is 481 g/mol. The molecule has 1 unspecified atom stereocenters. The van der Waals surface area contributed by atoms with Crippen LogP contribution in [0.5, 0.6) is 5.75 Å². The van der Waals surface area contributed by atoms with Gasteiger partial charge in [0.25, 0.3) is 0 Å². The predicted octanol–water partition coefficient (Wildman–Crippen LogP) is 3.35. The molecule has 3 aromatic rings. The molecule has 9 heteroatoms. The van der Waals surface area contributed by atoms with E-state index in [1.54, 1.807) is 0 Å². The second-order valence-corrected chi connectivity index (χ2v) is 9.22. The molecule has 2 aromatic heterocycles. The highest BCUT2D eigenvalue weighted by molar-refractivity contribution is 5.58. The van der Waals surface area contributed by atoms with Gasteiger partial charge in [-0.1, -0.05) is 19.9 Å². The Bertz CT molecular complexity index is 1130. The summed E-state index contributed by atoms with van der Waals surface area (Å²) in [6, 6.07) is 10.1. The van der Waals surface area contributed by atoms with Gasteiger partial charge < -0.3 is 25.8 Å². The van der Waals surface area contributed by atoms with Crippen LogP contribution in [0.25, 0.3) is 5.65 Å². The molecule has 4 N–H and O–H groups in total. The maximum absolute atomic E-state index is 11.5. The van der Waals surface area contributed by atoms with E-state index in [9.17, 15) is 5.11 Å². The van der Waals surface area contributed by atoms with Crippen LogP contribution in [0.1, 0.15) is 62.2 Å². The fourth-order valence-electron chi connectivity index (χ4n) is 4.70.